The van der Waals surface area contributed by atoms with Crippen LogP contribution in [0.15, 0.2) is 72.8 Å². The van der Waals surface area contributed by atoms with Crippen molar-refractivity contribution in [1.82, 2.24) is 9.55 Å². The summed E-state index contributed by atoms with van der Waals surface area (Å²) in [6.07, 6.45) is 0.0539. The Bertz CT molecular complexity index is 1110. The van der Waals surface area contributed by atoms with E-state index in [1.165, 1.54) is 16.8 Å². The van der Waals surface area contributed by atoms with Crippen molar-refractivity contribution >= 4 is 16.7 Å². The van der Waals surface area contributed by atoms with Gasteiger partial charge < -0.3 is 9.64 Å². The first-order valence-corrected chi connectivity index (χ1v) is 9.28. The first-order valence-electron chi connectivity index (χ1n) is 9.28. The lowest BCUT2D eigenvalue weighted by Gasteiger charge is -2.40. The van der Waals surface area contributed by atoms with Crippen molar-refractivity contribution in [3.63, 3.8) is 0 Å². The molecule has 0 N–H and O–H groups in total. The molecule has 0 saturated heterocycles. The maximum Gasteiger partial charge on any atom is 0.145 e. The van der Waals surface area contributed by atoms with Crippen LogP contribution >= 0.6 is 0 Å². The lowest BCUT2D eigenvalue weighted by atomic mass is 10.0. The molecule has 1 aliphatic heterocycles. The molecule has 2 heterocycles. The summed E-state index contributed by atoms with van der Waals surface area (Å²) in [6.45, 7) is 3.11. The molecule has 0 unspecified atom stereocenters. The van der Waals surface area contributed by atoms with Gasteiger partial charge in [-0.2, -0.15) is 0 Å². The first-order chi connectivity index (χ1) is 13.3. The number of benzene rings is 3. The Labute approximate surface area is 158 Å². The summed E-state index contributed by atoms with van der Waals surface area (Å²) in [4.78, 5) is 7.43. The van der Waals surface area contributed by atoms with Gasteiger partial charge in [0.1, 0.15) is 17.7 Å². The van der Waals surface area contributed by atoms with Crippen LogP contribution in [0.25, 0.3) is 22.4 Å². The number of anilines is 1. The second kappa shape index (κ2) is 6.16. The molecule has 0 saturated carbocycles. The zero-order chi connectivity index (χ0) is 18.4. The molecule has 0 amide bonds. The molecule has 4 heteroatoms. The van der Waals surface area contributed by atoms with Crippen LogP contribution in [-0.2, 0) is 0 Å². The molecule has 27 heavy (non-hydrogen) atoms. The summed E-state index contributed by atoms with van der Waals surface area (Å²) in [5, 5.41) is 0. The quantitative estimate of drug-likeness (QED) is 0.512. The number of aromatic nitrogens is 2. The second-order valence-corrected chi connectivity index (χ2v) is 6.74. The fourth-order valence-corrected chi connectivity index (χ4v) is 4.11. The number of hydrogen-bond donors (Lipinski definition) is 0. The summed E-state index contributed by atoms with van der Waals surface area (Å²) in [5.41, 5.74) is 5.81. The average molecular weight is 355 g/mol. The minimum absolute atomic E-state index is 0.0539. The summed E-state index contributed by atoms with van der Waals surface area (Å²) in [5.74, 6) is 1.89. The van der Waals surface area contributed by atoms with Crippen molar-refractivity contribution in [2.24, 2.45) is 0 Å². The molecule has 1 aromatic heterocycles. The first kappa shape index (κ1) is 15.9. The monoisotopic (exact) mass is 355 g/mol. The molecule has 0 aliphatic carbocycles. The maximum atomic E-state index is 5.36. The maximum absolute atomic E-state index is 5.36. The van der Waals surface area contributed by atoms with Gasteiger partial charge in [-0.1, -0.05) is 36.4 Å². The zero-order valence-electron chi connectivity index (χ0n) is 15.5. The predicted octanol–water partition coefficient (Wildman–Crippen LogP) is 5.10. The van der Waals surface area contributed by atoms with Gasteiger partial charge in [-0.05, 0) is 48.9 Å². The van der Waals surface area contributed by atoms with E-state index in [4.69, 9.17) is 9.72 Å². The number of rotatable bonds is 3. The number of ether oxygens (including phenoxy) is 1. The number of imidazole rings is 1. The van der Waals surface area contributed by atoms with Crippen molar-refractivity contribution in [2.45, 2.75) is 13.1 Å². The number of hydrogen-bond acceptors (Lipinski definition) is 3. The lowest BCUT2D eigenvalue weighted by Crippen LogP contribution is -2.37. The largest absolute Gasteiger partial charge is 0.497 e. The highest BCUT2D eigenvalue weighted by molar-refractivity contribution is 5.87. The van der Waals surface area contributed by atoms with Crippen LogP contribution < -0.4 is 9.64 Å². The van der Waals surface area contributed by atoms with Crippen LogP contribution in [0.4, 0.5) is 5.69 Å². The van der Waals surface area contributed by atoms with Gasteiger partial charge in [0.15, 0.2) is 0 Å². The van der Waals surface area contributed by atoms with E-state index in [1.807, 2.05) is 18.2 Å². The second-order valence-electron chi connectivity index (χ2n) is 6.74. The summed E-state index contributed by atoms with van der Waals surface area (Å²) in [6, 6.07) is 25.3. The Hall–Kier alpha value is -3.27. The van der Waals surface area contributed by atoms with Crippen LogP contribution in [0.2, 0.25) is 0 Å². The molecule has 3 aromatic carbocycles. The van der Waals surface area contributed by atoms with Gasteiger partial charge in [0, 0.05) is 17.8 Å². The van der Waals surface area contributed by atoms with Crippen molar-refractivity contribution in [2.75, 3.05) is 18.6 Å². The number of nitrogens with zero attached hydrogens (tertiary/aromatic N) is 3. The number of methoxy groups -OCH3 is 1. The van der Waals surface area contributed by atoms with Crippen LogP contribution in [-0.4, -0.2) is 23.2 Å². The molecule has 0 spiro atoms. The Balaban J connectivity index is 1.82. The topological polar surface area (TPSA) is 30.3 Å². The molecule has 1 aliphatic rings. The van der Waals surface area contributed by atoms with Gasteiger partial charge in [-0.25, -0.2) is 4.98 Å². The van der Waals surface area contributed by atoms with Crippen LogP contribution in [0.1, 0.15) is 18.7 Å². The van der Waals surface area contributed by atoms with Crippen LogP contribution in [0.5, 0.6) is 5.75 Å². The normalized spacial score (nSPS) is 15.5. The Kier molecular flexibility index (Phi) is 3.64. The number of para-hydroxylation sites is 3. The Morgan fingerprint density at radius 2 is 1.67 bits per heavy atom. The highest BCUT2D eigenvalue weighted by atomic mass is 16.5. The van der Waals surface area contributed by atoms with E-state index in [0.717, 1.165) is 29.2 Å². The molecule has 4 aromatic rings. The van der Waals surface area contributed by atoms with Gasteiger partial charge in [-0.3, -0.25) is 4.57 Å². The molecule has 0 radical (unpaired) electrons. The van der Waals surface area contributed by atoms with Crippen LogP contribution in [0, 0.1) is 0 Å². The smallest absolute Gasteiger partial charge is 0.145 e. The van der Waals surface area contributed by atoms with Gasteiger partial charge in [-0.15, -0.1) is 0 Å². The van der Waals surface area contributed by atoms with E-state index < -0.39 is 0 Å². The highest BCUT2D eigenvalue weighted by Gasteiger charge is 2.33. The summed E-state index contributed by atoms with van der Waals surface area (Å²) in [7, 11) is 1.70. The minimum Gasteiger partial charge on any atom is -0.497 e. The molecule has 0 bridgehead atoms. The van der Waals surface area contributed by atoms with Crippen LogP contribution in [0.3, 0.4) is 0 Å². The molecule has 134 valence electrons. The predicted molar refractivity (Wildman–Crippen MR) is 109 cm³/mol. The summed E-state index contributed by atoms with van der Waals surface area (Å²) >= 11 is 0. The molecular formula is C23H21N3O. The van der Waals surface area contributed by atoms with E-state index in [9.17, 15) is 0 Å². The fourth-order valence-electron chi connectivity index (χ4n) is 4.11. The van der Waals surface area contributed by atoms with Crippen molar-refractivity contribution in [1.29, 1.82) is 0 Å². The van der Waals surface area contributed by atoms with Gasteiger partial charge >= 0.3 is 0 Å². The van der Waals surface area contributed by atoms with Crippen molar-refractivity contribution in [3.8, 4) is 17.1 Å². The molecule has 4 nitrogen and oxygen atoms in total. The van der Waals surface area contributed by atoms with Gasteiger partial charge in [0.05, 0.1) is 18.1 Å². The minimum atomic E-state index is 0.0539. The molecule has 0 fully saturated rings. The molecule has 1 atom stereocenters. The third-order valence-corrected chi connectivity index (χ3v) is 5.34. The third kappa shape index (κ3) is 2.33. The Morgan fingerprint density at radius 3 is 2.44 bits per heavy atom. The van der Waals surface area contributed by atoms with Gasteiger partial charge in [0.2, 0.25) is 0 Å². The molecule has 5 rings (SSSR count). The third-order valence-electron chi connectivity index (χ3n) is 5.34. The van der Waals surface area contributed by atoms with E-state index in [-0.39, 0.29) is 6.17 Å². The highest BCUT2D eigenvalue weighted by Crippen LogP contribution is 2.44. The van der Waals surface area contributed by atoms with Crippen molar-refractivity contribution in [3.05, 3.63) is 78.4 Å². The average Bonchev–Trinajstić information content (AvgIpc) is 3.12. The number of fused-ring (bicyclic) bond motifs is 5. The molecular weight excluding hydrogens is 334 g/mol. The lowest BCUT2D eigenvalue weighted by molar-refractivity contribution is 0.414. The van der Waals surface area contributed by atoms with E-state index in [2.05, 4.69) is 71.0 Å². The standard InChI is InChI=1S/C23H21N3O/c1-3-25-20-10-6-4-8-18(20)22-24-19-9-5-7-11-21(19)26(22)23(25)16-12-14-17(27-2)15-13-16/h4-15,23H,3H2,1-2H3/t23-/m0/s1. The zero-order valence-corrected chi connectivity index (χ0v) is 15.5. The SMILES string of the molecule is CCN1c2ccccc2-c2nc3ccccc3n2[C@H]1c1ccc(OC)cc1. The summed E-state index contributed by atoms with van der Waals surface area (Å²) < 4.78 is 7.72. The Morgan fingerprint density at radius 1 is 0.926 bits per heavy atom. The van der Waals surface area contributed by atoms with E-state index in [1.54, 1.807) is 7.11 Å². The van der Waals surface area contributed by atoms with E-state index >= 15 is 0 Å². The van der Waals surface area contributed by atoms with Crippen molar-refractivity contribution < 1.29 is 4.74 Å². The fraction of sp³-hybridized carbons (Fsp3) is 0.174. The van der Waals surface area contributed by atoms with E-state index in [0.29, 0.717) is 0 Å². The van der Waals surface area contributed by atoms with Gasteiger partial charge in [0.25, 0.3) is 0 Å².